The average Bonchev–Trinajstić information content (AvgIpc) is 2.81. The summed E-state index contributed by atoms with van der Waals surface area (Å²) in [5.74, 6) is -1.48. The molecule has 28 heavy (non-hydrogen) atoms. The quantitative estimate of drug-likeness (QED) is 0.573. The van der Waals surface area contributed by atoms with Gasteiger partial charge in [-0.3, -0.25) is 9.59 Å². The van der Waals surface area contributed by atoms with Gasteiger partial charge in [-0.1, -0.05) is 71.8 Å². The second-order valence-electron chi connectivity index (χ2n) is 9.81. The zero-order valence-corrected chi connectivity index (χ0v) is 18.0. The molecule has 6 nitrogen and oxygen atoms in total. The lowest BCUT2D eigenvalue weighted by Gasteiger charge is -2.45. The highest BCUT2D eigenvalue weighted by Gasteiger charge is 2.52. The molecule has 0 saturated carbocycles. The van der Waals surface area contributed by atoms with E-state index in [1.165, 1.54) is 11.8 Å². The second-order valence-corrected chi connectivity index (χ2v) is 9.81. The number of anilines is 1. The van der Waals surface area contributed by atoms with E-state index in [1.54, 1.807) is 24.3 Å². The van der Waals surface area contributed by atoms with Crippen molar-refractivity contribution in [2.45, 2.75) is 61.8 Å². The normalized spacial score (nSPS) is 18.1. The Hall–Kier alpha value is -2.50. The van der Waals surface area contributed by atoms with Crippen LogP contribution in [-0.4, -0.2) is 23.5 Å². The number of nitrogens with zero attached hydrogens (tertiary/aromatic N) is 2. The van der Waals surface area contributed by atoms with Crippen LogP contribution < -0.4 is 4.90 Å². The summed E-state index contributed by atoms with van der Waals surface area (Å²) in [5.41, 5.74) is -0.393. The van der Waals surface area contributed by atoms with Gasteiger partial charge >= 0.3 is 5.97 Å². The summed E-state index contributed by atoms with van der Waals surface area (Å²) in [6.45, 7) is 15.4. The standard InChI is InChI=1S/C22H30N2O4/c1-14(25)28-23-17-15-11-9-10-12-16(15)24(18(17)26)19(27)22(8,21(5,6)7)13-20(2,3)4/h9-12H,13H2,1-8H3/b23-17+. The van der Waals surface area contributed by atoms with E-state index < -0.39 is 17.3 Å². The maximum Gasteiger partial charge on any atom is 0.332 e. The fourth-order valence-corrected chi connectivity index (χ4v) is 3.57. The molecule has 0 saturated heterocycles. The van der Waals surface area contributed by atoms with Gasteiger partial charge in [-0.2, -0.15) is 0 Å². The summed E-state index contributed by atoms with van der Waals surface area (Å²) in [7, 11) is 0. The summed E-state index contributed by atoms with van der Waals surface area (Å²) in [4.78, 5) is 44.0. The first kappa shape index (κ1) is 21.8. The van der Waals surface area contributed by atoms with E-state index in [0.29, 0.717) is 17.7 Å². The molecule has 6 heteroatoms. The number of carbonyl (C=O) groups excluding carboxylic acids is 3. The first-order chi connectivity index (χ1) is 12.7. The fourth-order valence-electron chi connectivity index (χ4n) is 3.57. The zero-order valence-electron chi connectivity index (χ0n) is 18.0. The summed E-state index contributed by atoms with van der Waals surface area (Å²) in [6, 6.07) is 6.92. The first-order valence-corrected chi connectivity index (χ1v) is 9.43. The van der Waals surface area contributed by atoms with E-state index in [2.05, 4.69) is 25.9 Å². The first-order valence-electron chi connectivity index (χ1n) is 9.43. The minimum absolute atomic E-state index is 0.0360. The van der Waals surface area contributed by atoms with E-state index in [4.69, 9.17) is 4.84 Å². The topological polar surface area (TPSA) is 76.0 Å². The van der Waals surface area contributed by atoms with Gasteiger partial charge in [0.2, 0.25) is 5.91 Å². The highest BCUT2D eigenvalue weighted by molar-refractivity contribution is 6.58. The number of oxime groups is 1. The van der Waals surface area contributed by atoms with Gasteiger partial charge in [0.25, 0.3) is 5.91 Å². The van der Waals surface area contributed by atoms with Crippen molar-refractivity contribution in [1.29, 1.82) is 0 Å². The molecule has 2 amide bonds. The van der Waals surface area contributed by atoms with E-state index in [9.17, 15) is 14.4 Å². The Bertz CT molecular complexity index is 843. The molecule has 0 bridgehead atoms. The van der Waals surface area contributed by atoms with Gasteiger partial charge < -0.3 is 4.84 Å². The molecule has 0 aromatic heterocycles. The van der Waals surface area contributed by atoms with Gasteiger partial charge in [0.15, 0.2) is 5.71 Å². The van der Waals surface area contributed by atoms with Gasteiger partial charge in [-0.05, 0) is 23.3 Å². The Morgan fingerprint density at radius 3 is 2.11 bits per heavy atom. The van der Waals surface area contributed by atoms with Gasteiger partial charge in [0.05, 0.1) is 11.1 Å². The second kappa shape index (κ2) is 7.15. The van der Waals surface area contributed by atoms with Crippen LogP contribution in [0.15, 0.2) is 29.4 Å². The Morgan fingerprint density at radius 2 is 1.61 bits per heavy atom. The lowest BCUT2D eigenvalue weighted by Crippen LogP contribution is -2.52. The van der Waals surface area contributed by atoms with Gasteiger partial charge in [-0.15, -0.1) is 0 Å². The summed E-state index contributed by atoms with van der Waals surface area (Å²) in [6.07, 6.45) is 0.602. The molecule has 0 spiro atoms. The van der Waals surface area contributed by atoms with Crippen molar-refractivity contribution >= 4 is 29.2 Å². The number of carbonyl (C=O) groups is 3. The van der Waals surface area contributed by atoms with Crippen molar-refractivity contribution in [3.8, 4) is 0 Å². The number of benzene rings is 1. The third-order valence-electron chi connectivity index (χ3n) is 5.29. The summed E-state index contributed by atoms with van der Waals surface area (Å²) in [5, 5.41) is 3.72. The maximum atomic E-state index is 13.8. The minimum atomic E-state index is -0.801. The number of para-hydroxylation sites is 1. The highest BCUT2D eigenvalue weighted by Crippen LogP contribution is 2.49. The zero-order chi connectivity index (χ0) is 21.5. The molecule has 0 aliphatic carbocycles. The van der Waals surface area contributed by atoms with Gasteiger partial charge in [0.1, 0.15) is 0 Å². The molecule has 1 unspecified atom stereocenters. The Kier molecular flexibility index (Phi) is 5.57. The van der Waals surface area contributed by atoms with Crippen LogP contribution in [0.1, 0.15) is 67.4 Å². The van der Waals surface area contributed by atoms with Crippen LogP contribution in [0.4, 0.5) is 5.69 Å². The average molecular weight is 386 g/mol. The third-order valence-corrected chi connectivity index (χ3v) is 5.29. The van der Waals surface area contributed by atoms with E-state index in [0.717, 1.165) is 0 Å². The molecule has 1 aromatic carbocycles. The van der Waals surface area contributed by atoms with E-state index in [-0.39, 0.29) is 22.4 Å². The summed E-state index contributed by atoms with van der Waals surface area (Å²) >= 11 is 0. The van der Waals surface area contributed by atoms with Gasteiger partial charge in [-0.25, -0.2) is 9.69 Å². The smallest absolute Gasteiger partial charge is 0.318 e. The predicted molar refractivity (Wildman–Crippen MR) is 109 cm³/mol. The molecular weight excluding hydrogens is 356 g/mol. The fraction of sp³-hybridized carbons (Fsp3) is 0.545. The van der Waals surface area contributed by atoms with Crippen LogP contribution in [0, 0.1) is 16.2 Å². The maximum absolute atomic E-state index is 13.8. The molecule has 1 heterocycles. The molecule has 152 valence electrons. The van der Waals surface area contributed by atoms with Gasteiger partial charge in [0, 0.05) is 12.5 Å². The molecule has 1 aliphatic rings. The van der Waals surface area contributed by atoms with Crippen LogP contribution in [0.5, 0.6) is 0 Å². The lowest BCUT2D eigenvalue weighted by molar-refractivity contribution is -0.140. The predicted octanol–water partition coefficient (Wildman–Crippen LogP) is 4.32. The van der Waals surface area contributed by atoms with E-state index in [1.807, 2.05) is 27.7 Å². The van der Waals surface area contributed by atoms with Crippen molar-refractivity contribution in [1.82, 2.24) is 0 Å². The van der Waals surface area contributed by atoms with Crippen LogP contribution in [0.25, 0.3) is 0 Å². The molecule has 0 N–H and O–H groups in total. The van der Waals surface area contributed by atoms with Crippen LogP contribution in [-0.2, 0) is 19.2 Å². The molecule has 1 aliphatic heterocycles. The monoisotopic (exact) mass is 386 g/mol. The number of hydrogen-bond acceptors (Lipinski definition) is 5. The van der Waals surface area contributed by atoms with Crippen molar-refractivity contribution in [3.63, 3.8) is 0 Å². The number of rotatable bonds is 3. The number of hydrogen-bond donors (Lipinski definition) is 0. The SMILES string of the molecule is CC(=O)O/N=C1/C(=O)N(C(=O)C(C)(CC(C)(C)C)C(C)(C)C)c2ccccc21. The van der Waals surface area contributed by atoms with Crippen LogP contribution in [0.3, 0.4) is 0 Å². The van der Waals surface area contributed by atoms with Crippen molar-refractivity contribution in [2.24, 2.45) is 21.4 Å². The van der Waals surface area contributed by atoms with Crippen molar-refractivity contribution < 1.29 is 19.2 Å². The van der Waals surface area contributed by atoms with Crippen LogP contribution >= 0.6 is 0 Å². The molecule has 2 rings (SSSR count). The Balaban J connectivity index is 2.59. The lowest BCUT2D eigenvalue weighted by atomic mass is 9.60. The largest absolute Gasteiger partial charge is 0.332 e. The third kappa shape index (κ3) is 4.01. The number of amides is 2. The van der Waals surface area contributed by atoms with Crippen LogP contribution in [0.2, 0.25) is 0 Å². The minimum Gasteiger partial charge on any atom is -0.318 e. The number of imide groups is 1. The molecular formula is C22H30N2O4. The highest BCUT2D eigenvalue weighted by atomic mass is 16.7. The molecule has 1 atom stereocenters. The Labute approximate surface area is 166 Å². The number of fused-ring (bicyclic) bond motifs is 1. The van der Waals surface area contributed by atoms with Crippen molar-refractivity contribution in [2.75, 3.05) is 4.90 Å². The molecule has 1 aromatic rings. The van der Waals surface area contributed by atoms with Crippen molar-refractivity contribution in [3.05, 3.63) is 29.8 Å². The Morgan fingerprint density at radius 1 is 1.04 bits per heavy atom. The van der Waals surface area contributed by atoms with E-state index >= 15 is 0 Å². The molecule has 0 fully saturated rings. The molecule has 0 radical (unpaired) electrons. The summed E-state index contributed by atoms with van der Waals surface area (Å²) < 4.78 is 0.